The summed E-state index contributed by atoms with van der Waals surface area (Å²) in [4.78, 5) is 0. The Labute approximate surface area is 61.2 Å². The summed E-state index contributed by atoms with van der Waals surface area (Å²) in [6, 6.07) is -0.188. The molecule has 60 valence electrons. The van der Waals surface area contributed by atoms with Gasteiger partial charge in [-0.15, -0.1) is 0 Å². The molecule has 1 heterocycles. The lowest BCUT2D eigenvalue weighted by molar-refractivity contribution is 0.0123. The molecule has 0 spiro atoms. The first-order valence-electron chi connectivity index (χ1n) is 3.68. The second-order valence-electron chi connectivity index (χ2n) is 3.45. The summed E-state index contributed by atoms with van der Waals surface area (Å²) in [5.41, 5.74) is -0.835. The molecular weight excluding hydrogens is 130 g/mol. The van der Waals surface area contributed by atoms with Gasteiger partial charge in [-0.2, -0.15) is 0 Å². The quantitative estimate of drug-likeness (QED) is 0.589. The van der Waals surface area contributed by atoms with E-state index in [1.165, 1.54) is 0 Å². The minimum Gasteiger partial charge on any atom is -0.785 e. The third-order valence-electron chi connectivity index (χ3n) is 2.02. The smallest absolute Gasteiger partial charge is 0.0737 e. The monoisotopic (exact) mass is 144 g/mol. The predicted molar refractivity (Wildman–Crippen MR) is 39.4 cm³/mol. The van der Waals surface area contributed by atoms with Crippen LogP contribution in [-0.2, 0) is 0 Å². The summed E-state index contributed by atoms with van der Waals surface area (Å²) in [5, 5.41) is 21.4. The molecule has 0 aromatic carbocycles. The fourth-order valence-electron chi connectivity index (χ4n) is 1.45. The highest BCUT2D eigenvalue weighted by Crippen LogP contribution is 2.25. The number of hydrogen-bond acceptors (Lipinski definition) is 3. The van der Waals surface area contributed by atoms with Crippen molar-refractivity contribution in [1.82, 2.24) is 5.06 Å². The van der Waals surface area contributed by atoms with E-state index in [1.54, 1.807) is 13.8 Å². The van der Waals surface area contributed by atoms with E-state index in [1.807, 2.05) is 0 Å². The first kappa shape index (κ1) is 7.98. The zero-order valence-electron chi connectivity index (χ0n) is 6.50. The molecule has 1 atom stereocenters. The molecule has 0 unspecified atom stereocenters. The minimum absolute atomic E-state index is 0.188. The molecule has 1 aliphatic heterocycles. The van der Waals surface area contributed by atoms with Gasteiger partial charge in [-0.1, -0.05) is 0 Å². The minimum atomic E-state index is -0.835. The average molecular weight is 144 g/mol. The molecular formula is C7H14NO2-. The third kappa shape index (κ3) is 1.48. The summed E-state index contributed by atoms with van der Waals surface area (Å²) >= 11 is 0. The van der Waals surface area contributed by atoms with Crippen molar-refractivity contribution in [3.63, 3.8) is 0 Å². The highest BCUT2D eigenvalue weighted by atomic mass is 16.5. The number of hydroxylamine groups is 2. The molecule has 1 rings (SSSR count). The Bertz CT molecular complexity index is 119. The Kier molecular flexibility index (Phi) is 1.99. The SMILES string of the molecule is CC(C)(O)[C@@H]1CCCN1[O-]. The number of rotatable bonds is 1. The maximum absolute atomic E-state index is 11.0. The second kappa shape index (κ2) is 2.49. The lowest BCUT2D eigenvalue weighted by Crippen LogP contribution is -2.42. The molecule has 1 N–H and O–H groups in total. The van der Waals surface area contributed by atoms with Gasteiger partial charge in [0.15, 0.2) is 0 Å². The van der Waals surface area contributed by atoms with Gasteiger partial charge < -0.3 is 15.4 Å². The van der Waals surface area contributed by atoms with Gasteiger partial charge in [0, 0.05) is 6.04 Å². The molecule has 0 aromatic rings. The van der Waals surface area contributed by atoms with Crippen LogP contribution in [0.15, 0.2) is 0 Å². The van der Waals surface area contributed by atoms with Crippen LogP contribution >= 0.6 is 0 Å². The molecule has 3 nitrogen and oxygen atoms in total. The van der Waals surface area contributed by atoms with Gasteiger partial charge in [-0.3, -0.25) is 0 Å². The largest absolute Gasteiger partial charge is 0.785 e. The van der Waals surface area contributed by atoms with Crippen LogP contribution < -0.4 is 0 Å². The normalized spacial score (nSPS) is 29.4. The molecule has 0 radical (unpaired) electrons. The van der Waals surface area contributed by atoms with Crippen molar-refractivity contribution < 1.29 is 5.11 Å². The second-order valence-corrected chi connectivity index (χ2v) is 3.45. The van der Waals surface area contributed by atoms with Gasteiger partial charge in [-0.25, -0.2) is 0 Å². The van der Waals surface area contributed by atoms with Gasteiger partial charge in [0.1, 0.15) is 0 Å². The highest BCUT2D eigenvalue weighted by molar-refractivity contribution is 4.90. The molecule has 0 bridgehead atoms. The van der Waals surface area contributed by atoms with Crippen LogP contribution in [0.4, 0.5) is 0 Å². The molecule has 3 heteroatoms. The summed E-state index contributed by atoms with van der Waals surface area (Å²) in [6.07, 6.45) is 1.74. The maximum atomic E-state index is 11.0. The first-order valence-corrected chi connectivity index (χ1v) is 3.68. The average Bonchev–Trinajstić information content (AvgIpc) is 2.11. The Morgan fingerprint density at radius 2 is 2.20 bits per heavy atom. The van der Waals surface area contributed by atoms with Crippen molar-refractivity contribution in [3.05, 3.63) is 5.21 Å². The van der Waals surface area contributed by atoms with Gasteiger partial charge in [0.25, 0.3) is 0 Å². The van der Waals surface area contributed by atoms with Crippen molar-refractivity contribution in [3.8, 4) is 0 Å². The maximum Gasteiger partial charge on any atom is 0.0737 e. The van der Waals surface area contributed by atoms with Crippen molar-refractivity contribution >= 4 is 0 Å². The van der Waals surface area contributed by atoms with E-state index in [2.05, 4.69) is 0 Å². The zero-order valence-corrected chi connectivity index (χ0v) is 6.50. The van der Waals surface area contributed by atoms with Gasteiger partial charge in [0.2, 0.25) is 0 Å². The Hall–Kier alpha value is -0.120. The molecule has 0 amide bonds. The molecule has 1 saturated heterocycles. The fraction of sp³-hybridized carbons (Fsp3) is 1.00. The highest BCUT2D eigenvalue weighted by Gasteiger charge is 2.30. The lowest BCUT2D eigenvalue weighted by Gasteiger charge is -2.37. The van der Waals surface area contributed by atoms with Crippen LogP contribution in [0.5, 0.6) is 0 Å². The van der Waals surface area contributed by atoms with Crippen molar-refractivity contribution in [1.29, 1.82) is 0 Å². The van der Waals surface area contributed by atoms with Crippen LogP contribution in [-0.4, -0.2) is 28.4 Å². The molecule has 1 aliphatic rings. The molecule has 0 aromatic heterocycles. The van der Waals surface area contributed by atoms with E-state index in [4.69, 9.17) is 0 Å². The molecule has 1 fully saturated rings. The van der Waals surface area contributed by atoms with E-state index in [0.717, 1.165) is 17.9 Å². The Balaban J connectivity index is 2.55. The summed E-state index contributed by atoms with van der Waals surface area (Å²) in [7, 11) is 0. The van der Waals surface area contributed by atoms with Crippen LogP contribution in [0.1, 0.15) is 26.7 Å². The molecule has 10 heavy (non-hydrogen) atoms. The molecule has 0 saturated carbocycles. The summed E-state index contributed by atoms with van der Waals surface area (Å²) in [5.74, 6) is 0. The number of aliphatic hydroxyl groups is 1. The van der Waals surface area contributed by atoms with E-state index in [9.17, 15) is 10.3 Å². The lowest BCUT2D eigenvalue weighted by atomic mass is 9.98. The topological polar surface area (TPSA) is 46.5 Å². The van der Waals surface area contributed by atoms with E-state index < -0.39 is 5.60 Å². The van der Waals surface area contributed by atoms with E-state index >= 15 is 0 Å². The van der Waals surface area contributed by atoms with Gasteiger partial charge >= 0.3 is 0 Å². The summed E-state index contributed by atoms with van der Waals surface area (Å²) in [6.45, 7) is 3.95. The molecule has 0 aliphatic carbocycles. The van der Waals surface area contributed by atoms with Crippen LogP contribution in [0.2, 0.25) is 0 Å². The van der Waals surface area contributed by atoms with Crippen LogP contribution in [0.3, 0.4) is 0 Å². The van der Waals surface area contributed by atoms with Crippen LogP contribution in [0, 0.1) is 5.21 Å². The Morgan fingerprint density at radius 3 is 2.40 bits per heavy atom. The van der Waals surface area contributed by atoms with E-state index in [-0.39, 0.29) is 6.04 Å². The number of nitrogens with zero attached hydrogens (tertiary/aromatic N) is 1. The van der Waals surface area contributed by atoms with Gasteiger partial charge in [-0.05, 0) is 33.2 Å². The summed E-state index contributed by atoms with van der Waals surface area (Å²) < 4.78 is 0. The van der Waals surface area contributed by atoms with Crippen LogP contribution in [0.25, 0.3) is 0 Å². The van der Waals surface area contributed by atoms with Crippen molar-refractivity contribution in [2.45, 2.75) is 38.3 Å². The van der Waals surface area contributed by atoms with Gasteiger partial charge in [0.05, 0.1) is 5.60 Å². The Morgan fingerprint density at radius 1 is 1.60 bits per heavy atom. The first-order chi connectivity index (χ1) is 4.52. The van der Waals surface area contributed by atoms with Crippen molar-refractivity contribution in [2.75, 3.05) is 6.54 Å². The zero-order chi connectivity index (χ0) is 7.78. The van der Waals surface area contributed by atoms with E-state index in [0.29, 0.717) is 6.54 Å². The van der Waals surface area contributed by atoms with Crippen molar-refractivity contribution in [2.24, 2.45) is 0 Å². The predicted octanol–water partition coefficient (Wildman–Crippen LogP) is 0.720. The number of hydrogen-bond donors (Lipinski definition) is 1. The third-order valence-corrected chi connectivity index (χ3v) is 2.02. The standard InChI is InChI=1S/C7H14NO2/c1-7(2,9)6-4-3-5-8(6)10/h6,9H,3-5H2,1-2H3/q-1/t6-/m0/s1. The fourth-order valence-corrected chi connectivity index (χ4v) is 1.45.